The van der Waals surface area contributed by atoms with Crippen molar-refractivity contribution in [2.24, 2.45) is 5.41 Å². The summed E-state index contributed by atoms with van der Waals surface area (Å²) in [5, 5.41) is 11.5. The van der Waals surface area contributed by atoms with Crippen molar-refractivity contribution in [1.29, 1.82) is 0 Å². The molecular formula is C27H33N3O2. The van der Waals surface area contributed by atoms with Crippen molar-refractivity contribution in [2.75, 3.05) is 11.9 Å². The van der Waals surface area contributed by atoms with Crippen molar-refractivity contribution >= 4 is 11.7 Å². The monoisotopic (exact) mass is 431 g/mol. The van der Waals surface area contributed by atoms with Gasteiger partial charge in [-0.15, -0.1) is 5.10 Å². The van der Waals surface area contributed by atoms with Gasteiger partial charge in [0.15, 0.2) is 0 Å². The van der Waals surface area contributed by atoms with Crippen LogP contribution in [0, 0.1) is 5.41 Å². The Morgan fingerprint density at radius 2 is 1.62 bits per heavy atom. The molecule has 0 amide bonds. The molecule has 1 aliphatic carbocycles. The number of nitrogens with one attached hydrogen (secondary N) is 1. The van der Waals surface area contributed by atoms with Gasteiger partial charge in [-0.1, -0.05) is 69.2 Å². The van der Waals surface area contributed by atoms with Crippen molar-refractivity contribution in [3.63, 3.8) is 0 Å². The van der Waals surface area contributed by atoms with Gasteiger partial charge >= 0.3 is 6.01 Å². The number of aromatic nitrogens is 2. The molecule has 1 aliphatic heterocycles. The number of rotatable bonds is 6. The van der Waals surface area contributed by atoms with E-state index < -0.39 is 0 Å². The topological polar surface area (TPSA) is 60.2 Å². The number of hydrogen-bond acceptors (Lipinski definition) is 5. The lowest BCUT2D eigenvalue weighted by Crippen LogP contribution is -2.27. The first-order valence-electron chi connectivity index (χ1n) is 11.7. The van der Waals surface area contributed by atoms with Crippen LogP contribution in [0.3, 0.4) is 0 Å². The van der Waals surface area contributed by atoms with E-state index in [1.165, 1.54) is 36.0 Å². The van der Waals surface area contributed by atoms with E-state index >= 15 is 0 Å². The second-order valence-electron chi connectivity index (χ2n) is 10.8. The molecule has 2 aliphatic rings. The molecule has 2 bridgehead atoms. The number of nitrogens with zero attached hydrogens (tertiary/aromatic N) is 2. The Morgan fingerprint density at radius 3 is 2.19 bits per heavy atom. The lowest BCUT2D eigenvalue weighted by molar-refractivity contribution is -0.0224. The average molecular weight is 432 g/mol. The molecule has 2 aromatic carbocycles. The largest absolute Gasteiger partial charge is 0.408 e. The summed E-state index contributed by atoms with van der Waals surface area (Å²) < 4.78 is 12.0. The highest BCUT2D eigenvalue weighted by Gasteiger charge is 2.55. The summed E-state index contributed by atoms with van der Waals surface area (Å²) in [6, 6.07) is 17.9. The van der Waals surface area contributed by atoms with Gasteiger partial charge in [0, 0.05) is 17.5 Å². The molecule has 168 valence electrons. The van der Waals surface area contributed by atoms with Crippen LogP contribution in [0.1, 0.15) is 64.8 Å². The summed E-state index contributed by atoms with van der Waals surface area (Å²) in [5.74, 6) is 0.655. The van der Waals surface area contributed by atoms with Crippen molar-refractivity contribution < 1.29 is 9.15 Å². The molecule has 2 fully saturated rings. The van der Waals surface area contributed by atoms with Gasteiger partial charge in [-0.3, -0.25) is 0 Å². The maximum atomic E-state index is 6.22. The van der Waals surface area contributed by atoms with E-state index in [4.69, 9.17) is 9.15 Å². The Hall–Kier alpha value is -2.66. The van der Waals surface area contributed by atoms with E-state index in [9.17, 15) is 0 Å². The van der Waals surface area contributed by atoms with Gasteiger partial charge in [0.25, 0.3) is 0 Å². The fourth-order valence-electron chi connectivity index (χ4n) is 5.25. The second-order valence-corrected chi connectivity index (χ2v) is 10.8. The van der Waals surface area contributed by atoms with Gasteiger partial charge < -0.3 is 14.5 Å². The molecule has 3 aromatic rings. The molecule has 5 nitrogen and oxygen atoms in total. The zero-order chi connectivity index (χ0) is 22.4. The van der Waals surface area contributed by atoms with Crippen LogP contribution in [0.4, 0.5) is 11.7 Å². The molecule has 1 N–H and O–H groups in total. The molecule has 1 saturated heterocycles. The number of hydrogen-bond donors (Lipinski definition) is 1. The zero-order valence-electron chi connectivity index (χ0n) is 19.6. The van der Waals surface area contributed by atoms with Crippen LogP contribution in [0.25, 0.3) is 11.1 Å². The standard InChI is InChI=1S/C27H33N3O2/c1-5-27-15-14-26(17-27,18-31-27)21-10-6-19(7-11-21)20-8-12-22(13-9-20)28-24-30-29-23(32-24)16-25(2,3)4/h6-13H,5,14-18H2,1-4H3,(H,28,30). The summed E-state index contributed by atoms with van der Waals surface area (Å²) in [6.07, 6.45) is 5.48. The van der Waals surface area contributed by atoms with Gasteiger partial charge in [-0.2, -0.15) is 0 Å². The molecule has 2 atom stereocenters. The minimum Gasteiger partial charge on any atom is -0.408 e. The van der Waals surface area contributed by atoms with E-state index in [1.54, 1.807) is 0 Å². The summed E-state index contributed by atoms with van der Waals surface area (Å²) in [6.45, 7) is 9.59. The van der Waals surface area contributed by atoms with E-state index in [0.717, 1.165) is 25.1 Å². The highest BCUT2D eigenvalue weighted by Crippen LogP contribution is 2.55. The van der Waals surface area contributed by atoms with Crippen LogP contribution in [-0.2, 0) is 16.6 Å². The Bertz CT molecular complexity index is 1070. The zero-order valence-corrected chi connectivity index (χ0v) is 19.6. The van der Waals surface area contributed by atoms with Gasteiger partial charge in [-0.25, -0.2) is 0 Å². The molecule has 5 heteroatoms. The third kappa shape index (κ3) is 4.06. The van der Waals surface area contributed by atoms with E-state index in [1.807, 2.05) is 12.1 Å². The molecule has 2 unspecified atom stereocenters. The van der Waals surface area contributed by atoms with Gasteiger partial charge in [0.2, 0.25) is 5.89 Å². The third-order valence-electron chi connectivity index (χ3n) is 7.13. The lowest BCUT2D eigenvalue weighted by atomic mass is 9.79. The molecule has 0 radical (unpaired) electrons. The number of ether oxygens (including phenoxy) is 1. The molecule has 1 saturated carbocycles. The van der Waals surface area contributed by atoms with Crippen molar-refractivity contribution in [3.05, 3.63) is 60.0 Å². The molecular weight excluding hydrogens is 398 g/mol. The number of benzene rings is 2. The molecule has 1 aromatic heterocycles. The summed E-state index contributed by atoms with van der Waals surface area (Å²) in [4.78, 5) is 0. The summed E-state index contributed by atoms with van der Waals surface area (Å²) in [5.41, 5.74) is 5.24. The first-order valence-corrected chi connectivity index (χ1v) is 11.7. The summed E-state index contributed by atoms with van der Waals surface area (Å²) in [7, 11) is 0. The third-order valence-corrected chi connectivity index (χ3v) is 7.13. The quantitative estimate of drug-likeness (QED) is 0.472. The van der Waals surface area contributed by atoms with Crippen LogP contribution < -0.4 is 5.32 Å². The normalized spacial score (nSPS) is 24.8. The van der Waals surface area contributed by atoms with Crippen LogP contribution in [0.5, 0.6) is 0 Å². The predicted molar refractivity (Wildman–Crippen MR) is 127 cm³/mol. The predicted octanol–water partition coefficient (Wildman–Crippen LogP) is 6.67. The molecule has 0 spiro atoms. The summed E-state index contributed by atoms with van der Waals surface area (Å²) >= 11 is 0. The van der Waals surface area contributed by atoms with Crippen molar-refractivity contribution in [2.45, 2.75) is 70.8 Å². The minimum atomic E-state index is 0.113. The SMILES string of the molecule is CCC12CCC(c3ccc(-c4ccc(Nc5nnc(CC(C)(C)C)o5)cc4)cc3)(CO1)C2. The maximum absolute atomic E-state index is 6.22. The maximum Gasteiger partial charge on any atom is 0.320 e. The average Bonchev–Trinajstić information content (AvgIpc) is 3.48. The first-order chi connectivity index (χ1) is 15.3. The van der Waals surface area contributed by atoms with Crippen LogP contribution >= 0.6 is 0 Å². The fourth-order valence-corrected chi connectivity index (χ4v) is 5.25. The minimum absolute atomic E-state index is 0.113. The van der Waals surface area contributed by atoms with E-state index in [-0.39, 0.29) is 16.4 Å². The van der Waals surface area contributed by atoms with E-state index in [0.29, 0.717) is 11.9 Å². The first kappa shape index (κ1) is 21.2. The molecule has 32 heavy (non-hydrogen) atoms. The van der Waals surface area contributed by atoms with Crippen molar-refractivity contribution in [1.82, 2.24) is 10.2 Å². The highest BCUT2D eigenvalue weighted by atomic mass is 16.5. The Morgan fingerprint density at radius 1 is 0.938 bits per heavy atom. The highest BCUT2D eigenvalue weighted by molar-refractivity contribution is 5.67. The van der Waals surface area contributed by atoms with Crippen LogP contribution in [0.15, 0.2) is 52.9 Å². The lowest BCUT2D eigenvalue weighted by Gasteiger charge is -2.28. The van der Waals surface area contributed by atoms with Crippen molar-refractivity contribution in [3.8, 4) is 11.1 Å². The number of anilines is 2. The van der Waals surface area contributed by atoms with E-state index in [2.05, 4.69) is 79.6 Å². The van der Waals surface area contributed by atoms with Gasteiger partial charge in [0.05, 0.1) is 12.2 Å². The Labute approximate surface area is 190 Å². The fraction of sp³-hybridized carbons (Fsp3) is 0.481. The van der Waals surface area contributed by atoms with Gasteiger partial charge in [-0.05, 0) is 59.9 Å². The van der Waals surface area contributed by atoms with Gasteiger partial charge in [0.1, 0.15) is 0 Å². The second kappa shape index (κ2) is 7.73. The Kier molecular flexibility index (Phi) is 5.12. The van der Waals surface area contributed by atoms with Crippen LogP contribution in [0.2, 0.25) is 0 Å². The van der Waals surface area contributed by atoms with Crippen LogP contribution in [-0.4, -0.2) is 22.4 Å². The Balaban J connectivity index is 1.26. The number of fused-ring (bicyclic) bond motifs is 2. The smallest absolute Gasteiger partial charge is 0.320 e. The molecule has 2 heterocycles. The molecule has 5 rings (SSSR count).